The topological polar surface area (TPSA) is 90.2 Å². The van der Waals surface area contributed by atoms with E-state index in [-0.39, 0.29) is 5.75 Å². The number of nitriles is 1. The average Bonchev–Trinajstić information content (AvgIpc) is 2.44. The summed E-state index contributed by atoms with van der Waals surface area (Å²) in [7, 11) is 0. The zero-order valence-electron chi connectivity index (χ0n) is 11.1. The predicted molar refractivity (Wildman–Crippen MR) is 76.6 cm³/mol. The lowest BCUT2D eigenvalue weighted by Gasteiger charge is -2.14. The van der Waals surface area contributed by atoms with E-state index in [4.69, 9.17) is 10.4 Å². The van der Waals surface area contributed by atoms with Crippen LogP contribution in [0.4, 0.5) is 0 Å². The van der Waals surface area contributed by atoms with Gasteiger partial charge in [-0.05, 0) is 18.6 Å². The number of rotatable bonds is 7. The number of carboxylic acids is 1. The Kier molecular flexibility index (Phi) is 6.60. The van der Waals surface area contributed by atoms with Crippen molar-refractivity contribution in [3.63, 3.8) is 0 Å². The second-order valence-electron chi connectivity index (χ2n) is 4.10. The molecule has 20 heavy (non-hydrogen) atoms. The Balaban J connectivity index is 2.86. The highest BCUT2D eigenvalue weighted by Gasteiger charge is 2.20. The van der Waals surface area contributed by atoms with Gasteiger partial charge < -0.3 is 10.4 Å². The number of hydrogen-bond donors (Lipinski definition) is 2. The molecular formula is C14H16N2O3S. The first-order chi connectivity index (χ1) is 9.60. The maximum absolute atomic E-state index is 12.1. The van der Waals surface area contributed by atoms with Crippen LogP contribution in [0.25, 0.3) is 0 Å². The summed E-state index contributed by atoms with van der Waals surface area (Å²) < 4.78 is 0. The van der Waals surface area contributed by atoms with E-state index in [2.05, 4.69) is 5.32 Å². The molecule has 0 aliphatic heterocycles. The highest BCUT2D eigenvalue weighted by molar-refractivity contribution is 7.99. The molecule has 6 heteroatoms. The Labute approximate surface area is 122 Å². The minimum Gasteiger partial charge on any atom is -0.480 e. The van der Waals surface area contributed by atoms with E-state index in [0.717, 1.165) is 0 Å². The average molecular weight is 292 g/mol. The molecule has 0 bridgehead atoms. The molecule has 1 aromatic carbocycles. The van der Waals surface area contributed by atoms with Gasteiger partial charge in [-0.25, -0.2) is 4.79 Å². The van der Waals surface area contributed by atoms with Crippen LogP contribution in [0.1, 0.15) is 30.1 Å². The Morgan fingerprint density at radius 2 is 2.15 bits per heavy atom. The molecule has 0 heterocycles. The molecule has 5 nitrogen and oxygen atoms in total. The molecule has 1 rings (SSSR count). The fraction of sp³-hybridized carbons (Fsp3) is 0.357. The van der Waals surface area contributed by atoms with Gasteiger partial charge in [-0.1, -0.05) is 25.5 Å². The van der Waals surface area contributed by atoms with Gasteiger partial charge >= 0.3 is 5.97 Å². The summed E-state index contributed by atoms with van der Waals surface area (Å²) >= 11 is 1.25. The summed E-state index contributed by atoms with van der Waals surface area (Å²) in [6.07, 6.45) is 1.05. The smallest absolute Gasteiger partial charge is 0.326 e. The van der Waals surface area contributed by atoms with Gasteiger partial charge in [0.1, 0.15) is 6.04 Å². The van der Waals surface area contributed by atoms with Crippen LogP contribution in [-0.4, -0.2) is 28.8 Å². The third kappa shape index (κ3) is 4.59. The van der Waals surface area contributed by atoms with E-state index < -0.39 is 17.9 Å². The van der Waals surface area contributed by atoms with Crippen LogP contribution in [0.15, 0.2) is 29.2 Å². The zero-order chi connectivity index (χ0) is 15.0. The molecule has 0 radical (unpaired) electrons. The van der Waals surface area contributed by atoms with Crippen molar-refractivity contribution in [3.05, 3.63) is 29.8 Å². The van der Waals surface area contributed by atoms with Crippen molar-refractivity contribution in [2.45, 2.75) is 30.7 Å². The molecule has 0 spiro atoms. The third-order valence-electron chi connectivity index (χ3n) is 2.60. The van der Waals surface area contributed by atoms with Crippen LogP contribution in [0.2, 0.25) is 0 Å². The van der Waals surface area contributed by atoms with Gasteiger partial charge in [0.05, 0.1) is 17.4 Å². The molecule has 0 fully saturated rings. The first-order valence-corrected chi connectivity index (χ1v) is 7.21. The van der Waals surface area contributed by atoms with Gasteiger partial charge in [0.15, 0.2) is 0 Å². The van der Waals surface area contributed by atoms with Crippen LogP contribution in [-0.2, 0) is 4.79 Å². The Bertz CT molecular complexity index is 525. The summed E-state index contributed by atoms with van der Waals surface area (Å²) in [5.41, 5.74) is 0.398. The van der Waals surface area contributed by atoms with Gasteiger partial charge in [0.2, 0.25) is 0 Å². The van der Waals surface area contributed by atoms with Crippen molar-refractivity contribution >= 4 is 23.6 Å². The number of carbonyl (C=O) groups excluding carboxylic acids is 1. The molecule has 106 valence electrons. The molecule has 0 unspecified atom stereocenters. The summed E-state index contributed by atoms with van der Waals surface area (Å²) in [5, 5.41) is 20.2. The number of nitrogens with one attached hydrogen (secondary N) is 1. The largest absolute Gasteiger partial charge is 0.480 e. The molecule has 2 N–H and O–H groups in total. The molecule has 1 atom stereocenters. The second-order valence-corrected chi connectivity index (χ2v) is 5.11. The molecule has 0 aliphatic rings. The van der Waals surface area contributed by atoms with Crippen LogP contribution in [0.3, 0.4) is 0 Å². The quantitative estimate of drug-likeness (QED) is 0.752. The van der Waals surface area contributed by atoms with Gasteiger partial charge in [0, 0.05) is 4.90 Å². The number of amides is 1. The Morgan fingerprint density at radius 1 is 1.45 bits per heavy atom. The molecule has 0 aromatic heterocycles. The van der Waals surface area contributed by atoms with Crippen molar-refractivity contribution in [1.29, 1.82) is 5.26 Å². The molecule has 1 aromatic rings. The lowest BCUT2D eigenvalue weighted by atomic mass is 10.1. The molecular weight excluding hydrogens is 276 g/mol. The van der Waals surface area contributed by atoms with Gasteiger partial charge in [0.25, 0.3) is 5.91 Å². The lowest BCUT2D eigenvalue weighted by molar-refractivity contribution is -0.139. The number of carbonyl (C=O) groups is 2. The number of hydrogen-bond acceptors (Lipinski definition) is 4. The van der Waals surface area contributed by atoms with Crippen molar-refractivity contribution in [2.75, 3.05) is 5.75 Å². The van der Waals surface area contributed by atoms with Crippen molar-refractivity contribution < 1.29 is 14.7 Å². The Hall–Kier alpha value is -2.00. The number of aliphatic carboxylic acids is 1. The van der Waals surface area contributed by atoms with Gasteiger partial charge in [-0.3, -0.25) is 4.79 Å². The summed E-state index contributed by atoms with van der Waals surface area (Å²) in [6.45, 7) is 1.86. The monoisotopic (exact) mass is 292 g/mol. The normalized spacial score (nSPS) is 11.4. The van der Waals surface area contributed by atoms with E-state index in [1.807, 2.05) is 13.0 Å². The van der Waals surface area contributed by atoms with E-state index in [1.54, 1.807) is 24.3 Å². The maximum Gasteiger partial charge on any atom is 0.326 e. The van der Waals surface area contributed by atoms with E-state index in [1.165, 1.54) is 11.8 Å². The highest BCUT2D eigenvalue weighted by Crippen LogP contribution is 2.22. The summed E-state index contributed by atoms with van der Waals surface area (Å²) in [6, 6.07) is 7.96. The first-order valence-electron chi connectivity index (χ1n) is 6.22. The first kappa shape index (κ1) is 16.1. The summed E-state index contributed by atoms with van der Waals surface area (Å²) in [5.74, 6) is -1.23. The lowest BCUT2D eigenvalue weighted by Crippen LogP contribution is -2.40. The van der Waals surface area contributed by atoms with Crippen LogP contribution in [0.5, 0.6) is 0 Å². The Morgan fingerprint density at radius 3 is 2.75 bits per heavy atom. The van der Waals surface area contributed by atoms with Crippen LogP contribution >= 0.6 is 11.8 Å². The molecule has 0 saturated carbocycles. The highest BCUT2D eigenvalue weighted by atomic mass is 32.2. The maximum atomic E-state index is 12.1. The number of nitrogens with zero attached hydrogens (tertiary/aromatic N) is 1. The SMILES string of the molecule is CCC[C@@H](NC(=O)c1ccccc1SCC#N)C(=O)O. The van der Waals surface area contributed by atoms with E-state index in [9.17, 15) is 9.59 Å². The fourth-order valence-electron chi connectivity index (χ4n) is 1.67. The minimum absolute atomic E-state index is 0.238. The zero-order valence-corrected chi connectivity index (χ0v) is 11.9. The molecule has 0 saturated heterocycles. The number of carboxylic acid groups (broad SMARTS) is 1. The van der Waals surface area contributed by atoms with Gasteiger partial charge in [-0.2, -0.15) is 5.26 Å². The standard InChI is InChI=1S/C14H16N2O3S/c1-2-5-11(14(18)19)16-13(17)10-6-3-4-7-12(10)20-9-8-15/h3-4,6-7,11H,2,5,9H2,1H3,(H,16,17)(H,18,19)/t11-/m1/s1. The van der Waals surface area contributed by atoms with Gasteiger partial charge in [-0.15, -0.1) is 11.8 Å². The fourth-order valence-corrected chi connectivity index (χ4v) is 2.38. The number of benzene rings is 1. The van der Waals surface area contributed by atoms with E-state index in [0.29, 0.717) is 23.3 Å². The van der Waals surface area contributed by atoms with Crippen LogP contribution in [0, 0.1) is 11.3 Å². The summed E-state index contributed by atoms with van der Waals surface area (Å²) in [4.78, 5) is 23.9. The molecule has 1 amide bonds. The van der Waals surface area contributed by atoms with Crippen LogP contribution < -0.4 is 5.32 Å². The molecule has 0 aliphatic carbocycles. The van der Waals surface area contributed by atoms with Crippen molar-refractivity contribution in [1.82, 2.24) is 5.32 Å². The van der Waals surface area contributed by atoms with E-state index >= 15 is 0 Å². The second kappa shape index (κ2) is 8.23. The minimum atomic E-state index is -1.04. The van der Waals surface area contributed by atoms with Crippen molar-refractivity contribution in [3.8, 4) is 6.07 Å². The predicted octanol–water partition coefficient (Wildman–Crippen LogP) is 2.29. The number of thioether (sulfide) groups is 1. The van der Waals surface area contributed by atoms with Crippen molar-refractivity contribution in [2.24, 2.45) is 0 Å². The third-order valence-corrected chi connectivity index (χ3v) is 3.55.